The van der Waals surface area contributed by atoms with Gasteiger partial charge in [-0.25, -0.2) is 0 Å². The number of ether oxygens (including phenoxy) is 1. The average Bonchev–Trinajstić information content (AvgIpc) is 2.20. The fourth-order valence-corrected chi connectivity index (χ4v) is 2.05. The zero-order chi connectivity index (χ0) is 10.1. The topological polar surface area (TPSA) is 29.5 Å². The zero-order valence-electron chi connectivity index (χ0n) is 7.62. The third kappa shape index (κ3) is 1.44. The molecule has 72 valence electrons. The number of rotatable bonds is 1. The minimum absolute atomic E-state index is 0.256. The van der Waals surface area contributed by atoms with Crippen LogP contribution >= 0.6 is 15.9 Å². The Labute approximate surface area is 90.3 Å². The Balaban J connectivity index is 2.79. The van der Waals surface area contributed by atoms with Crippen molar-refractivity contribution >= 4 is 26.7 Å². The van der Waals surface area contributed by atoms with Gasteiger partial charge in [0.15, 0.2) is 0 Å². The molecule has 0 radical (unpaired) electrons. The molecule has 0 saturated carbocycles. The largest absolute Gasteiger partial charge is 0.508 e. The summed E-state index contributed by atoms with van der Waals surface area (Å²) in [5.74, 6) is 1.02. The first-order valence-electron chi connectivity index (χ1n) is 4.17. The monoisotopic (exact) mass is 252 g/mol. The van der Waals surface area contributed by atoms with E-state index in [-0.39, 0.29) is 5.75 Å². The first-order valence-corrected chi connectivity index (χ1v) is 4.97. The maximum absolute atomic E-state index is 9.36. The van der Waals surface area contributed by atoms with E-state index in [1.807, 2.05) is 18.2 Å². The number of methoxy groups -OCH3 is 1. The van der Waals surface area contributed by atoms with Gasteiger partial charge in [-0.3, -0.25) is 0 Å². The number of aromatic hydroxyl groups is 1. The molecule has 2 aromatic rings. The van der Waals surface area contributed by atoms with Crippen LogP contribution in [0.15, 0.2) is 34.8 Å². The van der Waals surface area contributed by atoms with Gasteiger partial charge in [0.25, 0.3) is 0 Å². The van der Waals surface area contributed by atoms with E-state index in [2.05, 4.69) is 15.9 Å². The molecule has 0 aliphatic rings. The summed E-state index contributed by atoms with van der Waals surface area (Å²) < 4.78 is 6.03. The second-order valence-corrected chi connectivity index (χ2v) is 3.78. The lowest BCUT2D eigenvalue weighted by molar-refractivity contribution is 0.413. The molecule has 2 aromatic carbocycles. The molecule has 0 fully saturated rings. The second-order valence-electron chi connectivity index (χ2n) is 2.99. The maximum atomic E-state index is 9.36. The molecular weight excluding hydrogens is 244 g/mol. The quantitative estimate of drug-likeness (QED) is 0.844. The molecule has 0 aromatic heterocycles. The number of hydrogen-bond acceptors (Lipinski definition) is 2. The first kappa shape index (κ1) is 9.34. The second kappa shape index (κ2) is 3.50. The van der Waals surface area contributed by atoms with Crippen molar-refractivity contribution in [2.45, 2.75) is 0 Å². The molecular formula is C11H9BrO2. The van der Waals surface area contributed by atoms with Gasteiger partial charge in [0, 0.05) is 5.39 Å². The van der Waals surface area contributed by atoms with Crippen LogP contribution in [0, 0.1) is 0 Å². The predicted octanol–water partition coefficient (Wildman–Crippen LogP) is 3.32. The van der Waals surface area contributed by atoms with Crippen molar-refractivity contribution in [2.24, 2.45) is 0 Å². The predicted molar refractivity (Wildman–Crippen MR) is 59.9 cm³/mol. The summed E-state index contributed by atoms with van der Waals surface area (Å²) in [5.41, 5.74) is 0. The van der Waals surface area contributed by atoms with Crippen LogP contribution in [0.4, 0.5) is 0 Å². The third-order valence-corrected chi connectivity index (χ3v) is 2.94. The van der Waals surface area contributed by atoms with E-state index >= 15 is 0 Å². The Kier molecular flexibility index (Phi) is 2.33. The SMILES string of the molecule is COc1ccc2ccc(O)cc2c1Br. The molecule has 14 heavy (non-hydrogen) atoms. The van der Waals surface area contributed by atoms with E-state index in [4.69, 9.17) is 4.74 Å². The van der Waals surface area contributed by atoms with E-state index in [0.717, 1.165) is 21.0 Å². The Bertz CT molecular complexity index is 480. The fraction of sp³-hybridized carbons (Fsp3) is 0.0909. The molecule has 0 unspecified atom stereocenters. The molecule has 0 heterocycles. The maximum Gasteiger partial charge on any atom is 0.133 e. The summed E-state index contributed by atoms with van der Waals surface area (Å²) in [6.07, 6.45) is 0. The van der Waals surface area contributed by atoms with Crippen LogP contribution in [0.3, 0.4) is 0 Å². The molecule has 0 atom stereocenters. The summed E-state index contributed by atoms with van der Waals surface area (Å²) in [6.45, 7) is 0. The lowest BCUT2D eigenvalue weighted by Crippen LogP contribution is -1.85. The number of phenols is 1. The van der Waals surface area contributed by atoms with Gasteiger partial charge in [-0.15, -0.1) is 0 Å². The van der Waals surface area contributed by atoms with Gasteiger partial charge in [0.2, 0.25) is 0 Å². The molecule has 3 heteroatoms. The molecule has 1 N–H and O–H groups in total. The van der Waals surface area contributed by atoms with Crippen LogP contribution < -0.4 is 4.74 Å². The average molecular weight is 253 g/mol. The molecule has 2 nitrogen and oxygen atoms in total. The smallest absolute Gasteiger partial charge is 0.133 e. The highest BCUT2D eigenvalue weighted by Crippen LogP contribution is 2.34. The highest BCUT2D eigenvalue weighted by molar-refractivity contribution is 9.10. The van der Waals surface area contributed by atoms with Gasteiger partial charge < -0.3 is 9.84 Å². The van der Waals surface area contributed by atoms with Gasteiger partial charge in [0.1, 0.15) is 11.5 Å². The van der Waals surface area contributed by atoms with Crippen molar-refractivity contribution in [3.05, 3.63) is 34.8 Å². The molecule has 0 aliphatic heterocycles. The fourth-order valence-electron chi connectivity index (χ4n) is 1.41. The van der Waals surface area contributed by atoms with Crippen LogP contribution in [0.25, 0.3) is 10.8 Å². The number of phenolic OH excluding ortho intramolecular Hbond substituents is 1. The van der Waals surface area contributed by atoms with E-state index in [1.54, 1.807) is 19.2 Å². The standard InChI is InChI=1S/C11H9BrO2/c1-14-10-5-3-7-2-4-8(13)6-9(7)11(10)12/h2-6,13H,1H3. The van der Waals surface area contributed by atoms with Crippen LogP contribution in [0.1, 0.15) is 0 Å². The minimum Gasteiger partial charge on any atom is -0.508 e. The van der Waals surface area contributed by atoms with Gasteiger partial charge in [-0.05, 0) is 39.5 Å². The number of halogens is 1. The van der Waals surface area contributed by atoms with Crippen molar-refractivity contribution in [3.8, 4) is 11.5 Å². The zero-order valence-corrected chi connectivity index (χ0v) is 9.21. The molecule has 0 spiro atoms. The van der Waals surface area contributed by atoms with Gasteiger partial charge in [-0.1, -0.05) is 12.1 Å². The minimum atomic E-state index is 0.256. The van der Waals surface area contributed by atoms with Crippen molar-refractivity contribution in [1.82, 2.24) is 0 Å². The van der Waals surface area contributed by atoms with E-state index in [1.165, 1.54) is 0 Å². The van der Waals surface area contributed by atoms with Crippen LogP contribution in [-0.2, 0) is 0 Å². The summed E-state index contributed by atoms with van der Waals surface area (Å²) in [5, 5.41) is 11.4. The van der Waals surface area contributed by atoms with Crippen molar-refractivity contribution < 1.29 is 9.84 Å². The lowest BCUT2D eigenvalue weighted by atomic mass is 10.1. The Morgan fingerprint density at radius 1 is 1.21 bits per heavy atom. The number of hydrogen-bond donors (Lipinski definition) is 1. The Hall–Kier alpha value is -1.22. The first-order chi connectivity index (χ1) is 6.72. The summed E-state index contributed by atoms with van der Waals surface area (Å²) in [6, 6.07) is 9.10. The van der Waals surface area contributed by atoms with Gasteiger partial charge in [-0.2, -0.15) is 0 Å². The van der Waals surface area contributed by atoms with Crippen LogP contribution in [-0.4, -0.2) is 12.2 Å². The summed E-state index contributed by atoms with van der Waals surface area (Å²) in [4.78, 5) is 0. The van der Waals surface area contributed by atoms with Gasteiger partial charge >= 0.3 is 0 Å². The van der Waals surface area contributed by atoms with Gasteiger partial charge in [0.05, 0.1) is 11.6 Å². The van der Waals surface area contributed by atoms with Crippen molar-refractivity contribution in [1.29, 1.82) is 0 Å². The molecule has 2 rings (SSSR count). The molecule has 0 bridgehead atoms. The lowest BCUT2D eigenvalue weighted by Gasteiger charge is -2.06. The number of benzene rings is 2. The molecule has 0 amide bonds. The molecule has 0 saturated heterocycles. The van der Waals surface area contributed by atoms with Crippen molar-refractivity contribution in [2.75, 3.05) is 7.11 Å². The molecule has 0 aliphatic carbocycles. The summed E-state index contributed by atoms with van der Waals surface area (Å²) >= 11 is 3.44. The van der Waals surface area contributed by atoms with Crippen LogP contribution in [0.5, 0.6) is 11.5 Å². The van der Waals surface area contributed by atoms with E-state index in [0.29, 0.717) is 0 Å². The van der Waals surface area contributed by atoms with E-state index in [9.17, 15) is 5.11 Å². The van der Waals surface area contributed by atoms with Crippen molar-refractivity contribution in [3.63, 3.8) is 0 Å². The number of fused-ring (bicyclic) bond motifs is 1. The summed E-state index contributed by atoms with van der Waals surface area (Å²) in [7, 11) is 1.62. The highest BCUT2D eigenvalue weighted by Gasteiger charge is 2.05. The highest BCUT2D eigenvalue weighted by atomic mass is 79.9. The third-order valence-electron chi connectivity index (χ3n) is 2.12. The van der Waals surface area contributed by atoms with E-state index < -0.39 is 0 Å². The van der Waals surface area contributed by atoms with Crippen LogP contribution in [0.2, 0.25) is 0 Å². The normalized spacial score (nSPS) is 10.4. The Morgan fingerprint density at radius 2 is 1.93 bits per heavy atom. The Morgan fingerprint density at radius 3 is 2.64 bits per heavy atom.